The number of nitrogens with two attached hydrogens (primary N) is 1. The van der Waals surface area contributed by atoms with E-state index >= 15 is 0 Å². The molecule has 2 aromatic rings. The first-order chi connectivity index (χ1) is 11.6. The van der Waals surface area contributed by atoms with Gasteiger partial charge >= 0.3 is 0 Å². The zero-order valence-corrected chi connectivity index (χ0v) is 14.5. The van der Waals surface area contributed by atoms with Crippen LogP contribution in [0.25, 0.3) is 5.69 Å². The molecule has 0 bridgehead atoms. The van der Waals surface area contributed by atoms with Gasteiger partial charge in [0, 0.05) is 19.1 Å². The molecular formula is C19H26N4O. The minimum atomic E-state index is 0.0828. The lowest BCUT2D eigenvalue weighted by molar-refractivity contribution is 0.0660. The molecule has 2 heterocycles. The molecule has 2 atom stereocenters. The van der Waals surface area contributed by atoms with E-state index in [0.29, 0.717) is 11.5 Å². The molecule has 3 rings (SSSR count). The van der Waals surface area contributed by atoms with Crippen LogP contribution in [0.4, 0.5) is 0 Å². The fourth-order valence-corrected chi connectivity index (χ4v) is 3.48. The van der Waals surface area contributed by atoms with Crippen LogP contribution in [0.5, 0.6) is 0 Å². The van der Waals surface area contributed by atoms with Crippen molar-refractivity contribution >= 4 is 5.91 Å². The first-order valence-corrected chi connectivity index (χ1v) is 8.79. The van der Waals surface area contributed by atoms with Crippen LogP contribution in [0.15, 0.2) is 36.5 Å². The van der Waals surface area contributed by atoms with E-state index in [9.17, 15) is 4.79 Å². The monoisotopic (exact) mass is 326 g/mol. The summed E-state index contributed by atoms with van der Waals surface area (Å²) in [5.74, 6) is 0.469. The van der Waals surface area contributed by atoms with Crippen molar-refractivity contribution in [2.24, 2.45) is 11.7 Å². The number of amides is 1. The van der Waals surface area contributed by atoms with Crippen LogP contribution in [-0.2, 0) is 6.42 Å². The summed E-state index contributed by atoms with van der Waals surface area (Å²) in [5, 5.41) is 4.47. The minimum Gasteiger partial charge on any atom is -0.338 e. The molecule has 0 unspecified atom stereocenters. The van der Waals surface area contributed by atoms with Crippen LogP contribution in [0.1, 0.15) is 42.7 Å². The molecule has 1 aromatic heterocycles. The highest BCUT2D eigenvalue weighted by Gasteiger charge is 2.28. The summed E-state index contributed by atoms with van der Waals surface area (Å²) in [6.07, 6.45) is 4.60. The molecule has 1 aromatic carbocycles. The minimum absolute atomic E-state index is 0.0828. The van der Waals surface area contributed by atoms with Crippen molar-refractivity contribution in [2.45, 2.75) is 39.2 Å². The standard InChI is InChI=1S/C19H26N4O/c1-3-18-17(12-21-23(18)16-9-5-4-6-10-16)19(24)22-11-7-8-15(13-22)14(2)20/h4-6,9-10,12,14-15H,3,7-8,11,13,20H2,1-2H3/t14-,15-/m1/s1. The summed E-state index contributed by atoms with van der Waals surface area (Å²) in [6, 6.07) is 10.1. The van der Waals surface area contributed by atoms with Crippen LogP contribution in [0, 0.1) is 5.92 Å². The topological polar surface area (TPSA) is 64.2 Å². The second-order valence-corrected chi connectivity index (χ2v) is 6.62. The fraction of sp³-hybridized carbons (Fsp3) is 0.474. The molecule has 2 N–H and O–H groups in total. The number of hydrogen-bond donors (Lipinski definition) is 1. The Labute approximate surface area is 143 Å². The largest absolute Gasteiger partial charge is 0.338 e. The zero-order chi connectivity index (χ0) is 17.1. The number of hydrogen-bond acceptors (Lipinski definition) is 3. The van der Waals surface area contributed by atoms with Gasteiger partial charge in [0.1, 0.15) is 0 Å². The Hall–Kier alpha value is -2.14. The highest BCUT2D eigenvalue weighted by Crippen LogP contribution is 2.23. The summed E-state index contributed by atoms with van der Waals surface area (Å²) in [4.78, 5) is 15.0. The Morgan fingerprint density at radius 1 is 1.38 bits per heavy atom. The van der Waals surface area contributed by atoms with Gasteiger partial charge in [-0.2, -0.15) is 5.10 Å². The molecule has 1 aliphatic rings. The summed E-state index contributed by atoms with van der Waals surface area (Å²) < 4.78 is 1.88. The quantitative estimate of drug-likeness (QED) is 0.939. The third-order valence-corrected chi connectivity index (χ3v) is 4.92. The molecular weight excluding hydrogens is 300 g/mol. The van der Waals surface area contributed by atoms with Gasteiger partial charge in [0.05, 0.1) is 23.1 Å². The van der Waals surface area contributed by atoms with Gasteiger partial charge in [0.2, 0.25) is 0 Å². The van der Waals surface area contributed by atoms with E-state index in [-0.39, 0.29) is 11.9 Å². The van der Waals surface area contributed by atoms with E-state index < -0.39 is 0 Å². The van der Waals surface area contributed by atoms with E-state index in [1.165, 1.54) is 0 Å². The van der Waals surface area contributed by atoms with Crippen LogP contribution >= 0.6 is 0 Å². The lowest BCUT2D eigenvalue weighted by atomic mass is 9.92. The summed E-state index contributed by atoms with van der Waals surface area (Å²) in [6.45, 7) is 5.65. The van der Waals surface area contributed by atoms with Crippen molar-refractivity contribution in [3.05, 3.63) is 47.8 Å². The van der Waals surface area contributed by atoms with E-state index in [1.54, 1.807) is 6.20 Å². The molecule has 0 saturated carbocycles. The average molecular weight is 326 g/mol. The Morgan fingerprint density at radius 2 is 2.12 bits per heavy atom. The second-order valence-electron chi connectivity index (χ2n) is 6.62. The Balaban J connectivity index is 1.87. The number of para-hydroxylation sites is 1. The van der Waals surface area contributed by atoms with Gasteiger partial charge in [0.15, 0.2) is 0 Å². The summed E-state index contributed by atoms with van der Waals surface area (Å²) in [5.41, 5.74) is 8.72. The highest BCUT2D eigenvalue weighted by atomic mass is 16.2. The Morgan fingerprint density at radius 3 is 2.79 bits per heavy atom. The van der Waals surface area contributed by atoms with Gasteiger partial charge in [-0.25, -0.2) is 4.68 Å². The molecule has 1 aliphatic heterocycles. The number of rotatable bonds is 4. The SMILES string of the molecule is CCc1c(C(=O)N2CCC[C@@H]([C@@H](C)N)C2)cnn1-c1ccccc1. The third kappa shape index (κ3) is 3.22. The van der Waals surface area contributed by atoms with E-state index in [4.69, 9.17) is 5.73 Å². The van der Waals surface area contributed by atoms with Gasteiger partial charge in [-0.15, -0.1) is 0 Å². The van der Waals surface area contributed by atoms with Gasteiger partial charge in [-0.1, -0.05) is 25.1 Å². The molecule has 0 radical (unpaired) electrons. The van der Waals surface area contributed by atoms with E-state index in [2.05, 4.69) is 12.0 Å². The van der Waals surface area contributed by atoms with Gasteiger partial charge in [0.25, 0.3) is 5.91 Å². The maximum Gasteiger partial charge on any atom is 0.257 e. The number of likely N-dealkylation sites (tertiary alicyclic amines) is 1. The molecule has 1 saturated heterocycles. The van der Waals surface area contributed by atoms with E-state index in [0.717, 1.165) is 43.7 Å². The molecule has 1 amide bonds. The van der Waals surface area contributed by atoms with Crippen molar-refractivity contribution in [3.8, 4) is 5.69 Å². The number of aromatic nitrogens is 2. The third-order valence-electron chi connectivity index (χ3n) is 4.92. The lowest BCUT2D eigenvalue weighted by Crippen LogP contribution is -2.45. The molecule has 128 valence electrons. The molecule has 0 spiro atoms. The molecule has 5 heteroatoms. The predicted octanol–water partition coefficient (Wildman–Crippen LogP) is 2.63. The highest BCUT2D eigenvalue weighted by molar-refractivity contribution is 5.95. The van der Waals surface area contributed by atoms with Crippen molar-refractivity contribution in [2.75, 3.05) is 13.1 Å². The van der Waals surface area contributed by atoms with Crippen LogP contribution < -0.4 is 5.73 Å². The first kappa shape index (κ1) is 16.7. The predicted molar refractivity (Wildman–Crippen MR) is 95.2 cm³/mol. The number of benzene rings is 1. The van der Waals surface area contributed by atoms with Crippen molar-refractivity contribution in [1.29, 1.82) is 0 Å². The van der Waals surface area contributed by atoms with Crippen molar-refractivity contribution in [1.82, 2.24) is 14.7 Å². The lowest BCUT2D eigenvalue weighted by Gasteiger charge is -2.34. The van der Waals surface area contributed by atoms with Gasteiger partial charge in [-0.05, 0) is 44.2 Å². The Bertz CT molecular complexity index is 693. The van der Waals surface area contributed by atoms with Crippen molar-refractivity contribution < 1.29 is 4.79 Å². The second kappa shape index (κ2) is 7.18. The summed E-state index contributed by atoms with van der Waals surface area (Å²) >= 11 is 0. The maximum absolute atomic E-state index is 13.0. The number of carbonyl (C=O) groups is 1. The Kier molecular flexibility index (Phi) is 5.00. The van der Waals surface area contributed by atoms with Crippen LogP contribution in [0.3, 0.4) is 0 Å². The fourth-order valence-electron chi connectivity index (χ4n) is 3.48. The van der Waals surface area contributed by atoms with Gasteiger partial charge in [-0.3, -0.25) is 4.79 Å². The maximum atomic E-state index is 13.0. The molecule has 0 aliphatic carbocycles. The molecule has 1 fully saturated rings. The van der Waals surface area contributed by atoms with Crippen LogP contribution in [-0.4, -0.2) is 39.7 Å². The van der Waals surface area contributed by atoms with Gasteiger partial charge < -0.3 is 10.6 Å². The zero-order valence-electron chi connectivity index (χ0n) is 14.5. The smallest absolute Gasteiger partial charge is 0.257 e. The van der Waals surface area contributed by atoms with E-state index in [1.807, 2.05) is 46.8 Å². The average Bonchev–Trinajstić information content (AvgIpc) is 3.05. The number of carbonyl (C=O) groups excluding carboxylic acids is 1. The first-order valence-electron chi connectivity index (χ1n) is 8.79. The number of piperidine rings is 1. The molecule has 24 heavy (non-hydrogen) atoms. The number of nitrogens with zero attached hydrogens (tertiary/aromatic N) is 3. The summed E-state index contributed by atoms with van der Waals surface area (Å²) in [7, 11) is 0. The molecule has 5 nitrogen and oxygen atoms in total. The van der Waals surface area contributed by atoms with Crippen molar-refractivity contribution in [3.63, 3.8) is 0 Å². The van der Waals surface area contributed by atoms with Crippen LogP contribution in [0.2, 0.25) is 0 Å². The normalized spacial score (nSPS) is 19.3.